The summed E-state index contributed by atoms with van der Waals surface area (Å²) in [6.45, 7) is 0.507. The summed E-state index contributed by atoms with van der Waals surface area (Å²) in [6, 6.07) is 17.7. The zero-order valence-electron chi connectivity index (χ0n) is 12.3. The number of rotatable bonds is 5. The minimum Gasteiger partial charge on any atom is -0.488 e. The van der Waals surface area contributed by atoms with E-state index in [1.54, 1.807) is 26.2 Å². The van der Waals surface area contributed by atoms with Gasteiger partial charge in [-0.05, 0) is 17.7 Å². The Morgan fingerprint density at radius 2 is 1.71 bits per heavy atom. The molecule has 0 N–H and O–H groups in total. The molecule has 1 amide bonds. The van der Waals surface area contributed by atoms with Crippen LogP contribution in [0.15, 0.2) is 60.7 Å². The molecule has 0 aliphatic carbocycles. The standard InChI is InChI=1S/C18H19NO2/c1-19(2)18(20)13-12-16-10-6-7-11-17(16)21-14-15-8-4-3-5-9-15/h3-13H,14H2,1-2H3/b13-12+. The van der Waals surface area contributed by atoms with E-state index >= 15 is 0 Å². The predicted molar refractivity (Wildman–Crippen MR) is 84.9 cm³/mol. The maximum Gasteiger partial charge on any atom is 0.246 e. The summed E-state index contributed by atoms with van der Waals surface area (Å²) in [5, 5.41) is 0. The molecule has 0 atom stereocenters. The van der Waals surface area contributed by atoms with Gasteiger partial charge in [0, 0.05) is 25.7 Å². The molecular formula is C18H19NO2. The maximum atomic E-state index is 11.6. The highest BCUT2D eigenvalue weighted by Gasteiger charge is 2.02. The molecule has 3 nitrogen and oxygen atoms in total. The zero-order valence-corrected chi connectivity index (χ0v) is 12.3. The van der Waals surface area contributed by atoms with Gasteiger partial charge in [0.05, 0.1) is 0 Å². The van der Waals surface area contributed by atoms with Crippen molar-refractivity contribution in [1.29, 1.82) is 0 Å². The molecule has 0 saturated carbocycles. The Morgan fingerprint density at radius 3 is 2.43 bits per heavy atom. The summed E-state index contributed by atoms with van der Waals surface area (Å²) < 4.78 is 5.84. The zero-order chi connectivity index (χ0) is 15.1. The van der Waals surface area contributed by atoms with Gasteiger partial charge in [0.25, 0.3) is 0 Å². The van der Waals surface area contributed by atoms with E-state index in [1.165, 1.54) is 4.90 Å². The first-order valence-electron chi connectivity index (χ1n) is 6.82. The van der Waals surface area contributed by atoms with Crippen LogP contribution in [0.5, 0.6) is 5.75 Å². The highest BCUT2D eigenvalue weighted by atomic mass is 16.5. The molecule has 0 aromatic heterocycles. The van der Waals surface area contributed by atoms with Crippen molar-refractivity contribution in [3.05, 3.63) is 71.8 Å². The first-order chi connectivity index (χ1) is 10.2. The SMILES string of the molecule is CN(C)C(=O)/C=C/c1ccccc1OCc1ccccc1. The third kappa shape index (κ3) is 4.49. The van der Waals surface area contributed by atoms with Crippen LogP contribution in [0, 0.1) is 0 Å². The number of carbonyl (C=O) groups excluding carboxylic acids is 1. The molecular weight excluding hydrogens is 262 g/mol. The van der Waals surface area contributed by atoms with Crippen LogP contribution >= 0.6 is 0 Å². The number of hydrogen-bond acceptors (Lipinski definition) is 2. The maximum absolute atomic E-state index is 11.6. The molecule has 0 bridgehead atoms. The molecule has 3 heteroatoms. The van der Waals surface area contributed by atoms with Gasteiger partial charge in [0.15, 0.2) is 0 Å². The van der Waals surface area contributed by atoms with Crippen molar-refractivity contribution in [2.75, 3.05) is 14.1 Å². The predicted octanol–water partition coefficient (Wildman–Crippen LogP) is 3.37. The average Bonchev–Trinajstić information content (AvgIpc) is 2.52. The van der Waals surface area contributed by atoms with E-state index in [0.29, 0.717) is 6.61 Å². The Morgan fingerprint density at radius 1 is 1.05 bits per heavy atom. The van der Waals surface area contributed by atoms with Gasteiger partial charge in [-0.2, -0.15) is 0 Å². The summed E-state index contributed by atoms with van der Waals surface area (Å²) in [5.74, 6) is 0.719. The normalized spacial score (nSPS) is 10.6. The van der Waals surface area contributed by atoms with Crippen LogP contribution in [-0.4, -0.2) is 24.9 Å². The van der Waals surface area contributed by atoms with Gasteiger partial charge in [-0.15, -0.1) is 0 Å². The van der Waals surface area contributed by atoms with E-state index in [1.807, 2.05) is 54.6 Å². The molecule has 0 aliphatic heterocycles. The Hall–Kier alpha value is -2.55. The minimum absolute atomic E-state index is 0.0483. The number of carbonyl (C=O) groups is 1. The van der Waals surface area contributed by atoms with E-state index in [2.05, 4.69) is 0 Å². The lowest BCUT2D eigenvalue weighted by atomic mass is 10.2. The van der Waals surface area contributed by atoms with E-state index in [-0.39, 0.29) is 5.91 Å². The van der Waals surface area contributed by atoms with E-state index in [4.69, 9.17) is 4.74 Å². The average molecular weight is 281 g/mol. The van der Waals surface area contributed by atoms with E-state index in [9.17, 15) is 4.79 Å². The van der Waals surface area contributed by atoms with Crippen LogP contribution in [0.2, 0.25) is 0 Å². The number of benzene rings is 2. The fourth-order valence-corrected chi connectivity index (χ4v) is 1.80. The van der Waals surface area contributed by atoms with Crippen molar-refractivity contribution in [2.24, 2.45) is 0 Å². The summed E-state index contributed by atoms with van der Waals surface area (Å²) in [7, 11) is 3.45. The summed E-state index contributed by atoms with van der Waals surface area (Å²) >= 11 is 0. The van der Waals surface area contributed by atoms with Crippen LogP contribution in [-0.2, 0) is 11.4 Å². The number of amides is 1. The largest absolute Gasteiger partial charge is 0.488 e. The molecule has 0 heterocycles. The van der Waals surface area contributed by atoms with Gasteiger partial charge >= 0.3 is 0 Å². The van der Waals surface area contributed by atoms with Crippen LogP contribution in [0.1, 0.15) is 11.1 Å². The molecule has 0 radical (unpaired) electrons. The van der Waals surface area contributed by atoms with E-state index in [0.717, 1.165) is 16.9 Å². The Bertz CT molecular complexity index is 618. The minimum atomic E-state index is -0.0483. The number of hydrogen-bond donors (Lipinski definition) is 0. The first kappa shape index (κ1) is 14.9. The fraction of sp³-hybridized carbons (Fsp3) is 0.167. The topological polar surface area (TPSA) is 29.5 Å². The molecule has 0 saturated heterocycles. The van der Waals surface area contributed by atoms with Crippen molar-refractivity contribution in [1.82, 2.24) is 4.90 Å². The number of ether oxygens (including phenoxy) is 1. The molecule has 21 heavy (non-hydrogen) atoms. The molecule has 2 aromatic carbocycles. The van der Waals surface area contributed by atoms with Gasteiger partial charge in [0.1, 0.15) is 12.4 Å². The third-order valence-electron chi connectivity index (χ3n) is 3.00. The van der Waals surface area contributed by atoms with Gasteiger partial charge in [-0.1, -0.05) is 48.5 Å². The molecule has 0 fully saturated rings. The summed E-state index contributed by atoms with van der Waals surface area (Å²) in [4.78, 5) is 13.1. The van der Waals surface area contributed by atoms with Crippen molar-refractivity contribution in [3.63, 3.8) is 0 Å². The van der Waals surface area contributed by atoms with Gasteiger partial charge in [-0.25, -0.2) is 0 Å². The molecule has 2 aromatic rings. The molecule has 0 aliphatic rings. The Labute approximate surface area is 125 Å². The Kier molecular flexibility index (Phi) is 5.16. The summed E-state index contributed by atoms with van der Waals surface area (Å²) in [6.07, 6.45) is 3.33. The third-order valence-corrected chi connectivity index (χ3v) is 3.00. The first-order valence-corrected chi connectivity index (χ1v) is 6.82. The smallest absolute Gasteiger partial charge is 0.246 e. The van der Waals surface area contributed by atoms with E-state index < -0.39 is 0 Å². The summed E-state index contributed by atoms with van der Waals surface area (Å²) in [5.41, 5.74) is 2.00. The highest BCUT2D eigenvalue weighted by Crippen LogP contribution is 2.20. The Balaban J connectivity index is 2.08. The van der Waals surface area contributed by atoms with Crippen LogP contribution < -0.4 is 4.74 Å². The van der Waals surface area contributed by atoms with Gasteiger partial charge in [0.2, 0.25) is 5.91 Å². The monoisotopic (exact) mass is 281 g/mol. The second kappa shape index (κ2) is 7.29. The van der Waals surface area contributed by atoms with Gasteiger partial charge in [-0.3, -0.25) is 4.79 Å². The van der Waals surface area contributed by atoms with Gasteiger partial charge < -0.3 is 9.64 Å². The van der Waals surface area contributed by atoms with Crippen molar-refractivity contribution in [2.45, 2.75) is 6.61 Å². The molecule has 0 spiro atoms. The molecule has 0 unspecified atom stereocenters. The lowest BCUT2D eigenvalue weighted by Crippen LogP contribution is -2.18. The van der Waals surface area contributed by atoms with Crippen molar-refractivity contribution in [3.8, 4) is 5.75 Å². The number of likely N-dealkylation sites (N-methyl/N-ethyl adjacent to an activating group) is 1. The molecule has 2 rings (SSSR count). The lowest BCUT2D eigenvalue weighted by molar-refractivity contribution is -0.123. The van der Waals surface area contributed by atoms with Crippen LogP contribution in [0.3, 0.4) is 0 Å². The quantitative estimate of drug-likeness (QED) is 0.786. The van der Waals surface area contributed by atoms with Crippen LogP contribution in [0.25, 0.3) is 6.08 Å². The van der Waals surface area contributed by atoms with Crippen LogP contribution in [0.4, 0.5) is 0 Å². The van der Waals surface area contributed by atoms with Crippen molar-refractivity contribution < 1.29 is 9.53 Å². The second-order valence-electron chi connectivity index (χ2n) is 4.88. The second-order valence-corrected chi connectivity index (χ2v) is 4.88. The highest BCUT2D eigenvalue weighted by molar-refractivity contribution is 5.91. The molecule has 108 valence electrons. The number of para-hydroxylation sites is 1. The fourth-order valence-electron chi connectivity index (χ4n) is 1.80. The van der Waals surface area contributed by atoms with Crippen molar-refractivity contribution >= 4 is 12.0 Å². The number of nitrogens with zero attached hydrogens (tertiary/aromatic N) is 1. The lowest BCUT2D eigenvalue weighted by Gasteiger charge is -2.10.